The normalized spacial score (nSPS) is 11.6. The molecule has 174 valence electrons. The van der Waals surface area contributed by atoms with E-state index in [0.717, 1.165) is 34.3 Å². The van der Waals surface area contributed by atoms with Gasteiger partial charge in [-0.15, -0.1) is 12.4 Å². The van der Waals surface area contributed by atoms with Gasteiger partial charge in [-0.2, -0.15) is 0 Å². The highest BCUT2D eigenvalue weighted by Gasteiger charge is 2.27. The average molecular weight is 496 g/mol. The Hall–Kier alpha value is -2.00. The number of carbonyl (C=O) groups is 1. The fraction of sp³-hybridized carbons (Fsp3) is 0.391. The molecule has 3 rings (SSSR count). The van der Waals surface area contributed by atoms with Crippen molar-refractivity contribution in [2.24, 2.45) is 0 Å². The molecule has 9 heteroatoms. The van der Waals surface area contributed by atoms with Crippen molar-refractivity contribution < 1.29 is 13.2 Å². The van der Waals surface area contributed by atoms with Crippen molar-refractivity contribution >= 4 is 54.8 Å². The quantitative estimate of drug-likeness (QED) is 0.452. The van der Waals surface area contributed by atoms with Crippen LogP contribution in [0.1, 0.15) is 34.8 Å². The number of carbonyl (C=O) groups excluding carboxylic acids is 1. The van der Waals surface area contributed by atoms with Gasteiger partial charge in [0.25, 0.3) is 5.91 Å². The van der Waals surface area contributed by atoms with Crippen molar-refractivity contribution in [1.29, 1.82) is 0 Å². The van der Waals surface area contributed by atoms with Crippen LogP contribution in [0.25, 0.3) is 10.2 Å². The Kier molecular flexibility index (Phi) is 8.82. The Bertz CT molecular complexity index is 1210. The van der Waals surface area contributed by atoms with E-state index in [2.05, 4.69) is 11.0 Å². The van der Waals surface area contributed by atoms with Crippen molar-refractivity contribution in [2.45, 2.75) is 32.1 Å². The molecule has 0 radical (unpaired) electrons. The van der Waals surface area contributed by atoms with Gasteiger partial charge in [0.15, 0.2) is 15.0 Å². The van der Waals surface area contributed by atoms with Gasteiger partial charge in [0.1, 0.15) is 0 Å². The number of fused-ring (bicyclic) bond motifs is 1. The monoisotopic (exact) mass is 495 g/mol. The van der Waals surface area contributed by atoms with E-state index in [1.807, 2.05) is 34.0 Å². The molecule has 0 aliphatic rings. The third-order valence-corrected chi connectivity index (χ3v) is 8.20. The predicted molar refractivity (Wildman–Crippen MR) is 135 cm³/mol. The maximum absolute atomic E-state index is 13.6. The molecule has 0 unspecified atom stereocenters. The summed E-state index contributed by atoms with van der Waals surface area (Å²) in [6, 6.07) is 10.5. The van der Waals surface area contributed by atoms with Crippen molar-refractivity contribution in [2.75, 3.05) is 37.8 Å². The van der Waals surface area contributed by atoms with Gasteiger partial charge in [0.2, 0.25) is 0 Å². The van der Waals surface area contributed by atoms with Crippen LogP contribution in [0.4, 0.5) is 5.13 Å². The smallest absolute Gasteiger partial charge is 0.261 e. The molecule has 0 aliphatic carbocycles. The van der Waals surface area contributed by atoms with E-state index in [-0.39, 0.29) is 34.5 Å². The topological polar surface area (TPSA) is 70.6 Å². The Labute approximate surface area is 200 Å². The standard InChI is InChI=1S/C23H29N3O3S2.ClH/c1-6-31(28,29)20-11-8-7-10-18(20)22(27)26(15-9-14-25(4)5)23-24-21-17(3)16(2)12-13-19(21)30-23;/h7-8,10-13H,6,9,14-15H2,1-5H3;1H. The highest BCUT2D eigenvalue weighted by Crippen LogP contribution is 2.33. The number of halogens is 1. The summed E-state index contributed by atoms with van der Waals surface area (Å²) in [4.78, 5) is 22.2. The summed E-state index contributed by atoms with van der Waals surface area (Å²) in [6.07, 6.45) is 0.745. The molecule has 6 nitrogen and oxygen atoms in total. The minimum atomic E-state index is -3.53. The van der Waals surface area contributed by atoms with E-state index < -0.39 is 9.84 Å². The molecule has 1 heterocycles. The Morgan fingerprint density at radius 2 is 1.75 bits per heavy atom. The van der Waals surface area contributed by atoms with Crippen molar-refractivity contribution in [3.05, 3.63) is 53.1 Å². The molecule has 1 aromatic heterocycles. The number of nitrogens with zero attached hydrogens (tertiary/aromatic N) is 3. The van der Waals surface area contributed by atoms with Gasteiger partial charge < -0.3 is 4.90 Å². The summed E-state index contributed by atoms with van der Waals surface area (Å²) in [5, 5.41) is 0.594. The van der Waals surface area contributed by atoms with Crippen molar-refractivity contribution in [1.82, 2.24) is 9.88 Å². The highest BCUT2D eigenvalue weighted by molar-refractivity contribution is 7.91. The fourth-order valence-corrected chi connectivity index (χ4v) is 5.51. The second-order valence-electron chi connectivity index (χ2n) is 7.86. The fourth-order valence-electron chi connectivity index (χ4n) is 3.37. The molecule has 1 amide bonds. The Balaban J connectivity index is 0.00000363. The van der Waals surface area contributed by atoms with Gasteiger partial charge in [-0.3, -0.25) is 9.69 Å². The van der Waals surface area contributed by atoms with E-state index in [0.29, 0.717) is 11.7 Å². The lowest BCUT2D eigenvalue weighted by atomic mass is 10.1. The first-order valence-corrected chi connectivity index (χ1v) is 12.8. The first kappa shape index (κ1) is 26.3. The number of benzene rings is 2. The van der Waals surface area contributed by atoms with Gasteiger partial charge in [-0.1, -0.05) is 36.5 Å². The van der Waals surface area contributed by atoms with E-state index >= 15 is 0 Å². The lowest BCUT2D eigenvalue weighted by molar-refractivity contribution is 0.0983. The SMILES string of the molecule is CCS(=O)(=O)c1ccccc1C(=O)N(CCCN(C)C)c1nc2c(C)c(C)ccc2s1.Cl. The van der Waals surface area contributed by atoms with Crippen LogP contribution in [0.5, 0.6) is 0 Å². The molecule has 0 spiro atoms. The number of amides is 1. The Morgan fingerprint density at radius 3 is 2.41 bits per heavy atom. The number of aromatic nitrogens is 1. The number of hydrogen-bond donors (Lipinski definition) is 0. The molecule has 0 aliphatic heterocycles. The zero-order valence-electron chi connectivity index (χ0n) is 19.1. The van der Waals surface area contributed by atoms with Crippen molar-refractivity contribution in [3.63, 3.8) is 0 Å². The van der Waals surface area contributed by atoms with Crippen LogP contribution in [0.3, 0.4) is 0 Å². The molecule has 0 N–H and O–H groups in total. The van der Waals surface area contributed by atoms with Crippen molar-refractivity contribution in [3.8, 4) is 0 Å². The lowest BCUT2D eigenvalue weighted by Gasteiger charge is -2.22. The zero-order valence-corrected chi connectivity index (χ0v) is 21.5. The Morgan fingerprint density at radius 1 is 1.06 bits per heavy atom. The van der Waals surface area contributed by atoms with Crippen LogP contribution in [0.2, 0.25) is 0 Å². The number of rotatable bonds is 8. The predicted octanol–water partition coefficient (Wildman–Crippen LogP) is 4.73. The number of thiazole rings is 1. The van der Waals surface area contributed by atoms with Gasteiger partial charge in [0.05, 0.1) is 26.4 Å². The van der Waals surface area contributed by atoms with Crippen LogP contribution >= 0.6 is 23.7 Å². The number of hydrogen-bond acceptors (Lipinski definition) is 6. The summed E-state index contributed by atoms with van der Waals surface area (Å²) in [6.45, 7) is 6.92. The van der Waals surface area contributed by atoms with E-state index in [1.165, 1.54) is 17.4 Å². The van der Waals surface area contributed by atoms with Crippen LogP contribution in [0, 0.1) is 13.8 Å². The third-order valence-electron chi connectivity index (χ3n) is 5.37. The first-order valence-electron chi connectivity index (χ1n) is 10.3. The zero-order chi connectivity index (χ0) is 22.8. The average Bonchev–Trinajstić information content (AvgIpc) is 3.18. The lowest BCUT2D eigenvalue weighted by Crippen LogP contribution is -2.34. The summed E-state index contributed by atoms with van der Waals surface area (Å²) in [7, 11) is 0.437. The summed E-state index contributed by atoms with van der Waals surface area (Å²) >= 11 is 1.46. The molecular formula is C23H30ClN3O3S2. The second kappa shape index (κ2) is 10.7. The van der Waals surface area contributed by atoms with Gasteiger partial charge >= 0.3 is 0 Å². The van der Waals surface area contributed by atoms with Crippen LogP contribution in [-0.4, -0.2) is 57.1 Å². The molecule has 0 fully saturated rings. The number of aryl methyl sites for hydroxylation is 2. The number of sulfone groups is 1. The molecule has 0 saturated heterocycles. The molecule has 0 saturated carbocycles. The summed E-state index contributed by atoms with van der Waals surface area (Å²) in [5.41, 5.74) is 3.32. The second-order valence-corrected chi connectivity index (χ2v) is 11.1. The number of anilines is 1. The van der Waals surface area contributed by atoms with Crippen LogP contribution in [0.15, 0.2) is 41.3 Å². The van der Waals surface area contributed by atoms with Crippen LogP contribution in [-0.2, 0) is 9.84 Å². The van der Waals surface area contributed by atoms with Gasteiger partial charge in [0, 0.05) is 6.54 Å². The minimum Gasteiger partial charge on any atom is -0.309 e. The van der Waals surface area contributed by atoms with Crippen LogP contribution < -0.4 is 4.90 Å². The summed E-state index contributed by atoms with van der Waals surface area (Å²) in [5.74, 6) is -0.392. The van der Waals surface area contributed by atoms with Gasteiger partial charge in [-0.05, 0) is 70.2 Å². The third kappa shape index (κ3) is 5.49. The molecule has 2 aromatic carbocycles. The first-order chi connectivity index (χ1) is 14.7. The molecular weight excluding hydrogens is 466 g/mol. The highest BCUT2D eigenvalue weighted by atomic mass is 35.5. The minimum absolute atomic E-state index is 0. The maximum atomic E-state index is 13.6. The molecule has 0 bridgehead atoms. The van der Waals surface area contributed by atoms with E-state index in [4.69, 9.17) is 4.98 Å². The van der Waals surface area contributed by atoms with E-state index in [9.17, 15) is 13.2 Å². The molecule has 3 aromatic rings. The summed E-state index contributed by atoms with van der Waals surface area (Å²) < 4.78 is 26.3. The molecule has 0 atom stereocenters. The van der Waals surface area contributed by atoms with Gasteiger partial charge in [-0.25, -0.2) is 13.4 Å². The maximum Gasteiger partial charge on any atom is 0.261 e. The van der Waals surface area contributed by atoms with E-state index in [1.54, 1.807) is 30.0 Å². The molecule has 32 heavy (non-hydrogen) atoms. The largest absolute Gasteiger partial charge is 0.309 e.